The molecule has 0 saturated carbocycles. The second-order valence-corrected chi connectivity index (χ2v) is 11.4. The lowest BCUT2D eigenvalue weighted by molar-refractivity contribution is 0.237. The summed E-state index contributed by atoms with van der Waals surface area (Å²) in [5, 5.41) is 0. The molecule has 1 aliphatic rings. The van der Waals surface area contributed by atoms with Gasteiger partial charge in [0.2, 0.25) is 10.0 Å². The number of nitrogens with zero attached hydrogens (tertiary/aromatic N) is 1. The van der Waals surface area contributed by atoms with E-state index in [1.807, 2.05) is 12.1 Å². The topological polar surface area (TPSA) is 80.8 Å². The molecular weight excluding hydrogens is 434 g/mol. The van der Waals surface area contributed by atoms with E-state index >= 15 is 0 Å². The Labute approximate surface area is 186 Å². The highest BCUT2D eigenvalue weighted by Crippen LogP contribution is 2.27. The van der Waals surface area contributed by atoms with E-state index < -0.39 is 26.2 Å². The molecule has 31 heavy (non-hydrogen) atoms. The van der Waals surface area contributed by atoms with Crippen LogP contribution in [0, 0.1) is 0 Å². The van der Waals surface area contributed by atoms with Crippen LogP contribution in [-0.2, 0) is 37.2 Å². The summed E-state index contributed by atoms with van der Waals surface area (Å²) in [6, 6.07) is 13.1. The van der Waals surface area contributed by atoms with Crippen molar-refractivity contribution in [3.63, 3.8) is 0 Å². The largest absolute Gasteiger partial charge is 0.297 e. The van der Waals surface area contributed by atoms with Gasteiger partial charge in [-0.15, -0.1) is 0 Å². The van der Waals surface area contributed by atoms with E-state index in [9.17, 15) is 16.8 Å². The number of aryl methyl sites for hydroxylation is 2. The van der Waals surface area contributed by atoms with Crippen molar-refractivity contribution >= 4 is 20.1 Å². The molecule has 0 N–H and O–H groups in total. The minimum atomic E-state index is -3.95. The molecule has 170 valence electrons. The second-order valence-electron chi connectivity index (χ2n) is 7.94. The SMILES string of the molecule is CCCc1ccc(S(=O)(=O)OC[C@@H]2CCCN2S(=O)(=O)c2ccc(CCC)cc2)cc1. The molecule has 1 heterocycles. The first-order valence-corrected chi connectivity index (χ1v) is 13.7. The summed E-state index contributed by atoms with van der Waals surface area (Å²) < 4.78 is 58.1. The van der Waals surface area contributed by atoms with E-state index in [0.29, 0.717) is 19.4 Å². The normalized spacial score (nSPS) is 17.8. The van der Waals surface area contributed by atoms with Crippen LogP contribution in [0.25, 0.3) is 0 Å². The maximum absolute atomic E-state index is 13.1. The number of rotatable bonds is 10. The molecule has 0 radical (unpaired) electrons. The van der Waals surface area contributed by atoms with Gasteiger partial charge in [0.15, 0.2) is 0 Å². The van der Waals surface area contributed by atoms with E-state index in [4.69, 9.17) is 4.18 Å². The third-order valence-electron chi connectivity index (χ3n) is 5.56. The first kappa shape index (κ1) is 23.9. The van der Waals surface area contributed by atoms with Gasteiger partial charge in [-0.3, -0.25) is 4.18 Å². The molecule has 2 aromatic rings. The summed E-state index contributed by atoms with van der Waals surface area (Å²) in [6.45, 7) is 4.31. The summed E-state index contributed by atoms with van der Waals surface area (Å²) in [6.07, 6.45) is 5.00. The Morgan fingerprint density at radius 1 is 0.839 bits per heavy atom. The molecule has 0 amide bonds. The Hall–Kier alpha value is -1.74. The molecule has 8 heteroatoms. The van der Waals surface area contributed by atoms with Gasteiger partial charge in [0, 0.05) is 6.54 Å². The molecule has 0 unspecified atom stereocenters. The monoisotopic (exact) mass is 465 g/mol. The van der Waals surface area contributed by atoms with Crippen molar-refractivity contribution in [1.29, 1.82) is 0 Å². The van der Waals surface area contributed by atoms with Gasteiger partial charge in [-0.25, -0.2) is 8.42 Å². The predicted molar refractivity (Wildman–Crippen MR) is 121 cm³/mol. The van der Waals surface area contributed by atoms with E-state index in [1.54, 1.807) is 36.4 Å². The zero-order valence-corrected chi connectivity index (χ0v) is 19.8. The third-order valence-corrected chi connectivity index (χ3v) is 8.82. The van der Waals surface area contributed by atoms with Crippen molar-refractivity contribution in [2.24, 2.45) is 0 Å². The zero-order chi connectivity index (χ0) is 22.5. The fourth-order valence-electron chi connectivity index (χ4n) is 3.89. The van der Waals surface area contributed by atoms with E-state index in [0.717, 1.165) is 36.8 Å². The highest BCUT2D eigenvalue weighted by atomic mass is 32.2. The van der Waals surface area contributed by atoms with Crippen LogP contribution in [0.3, 0.4) is 0 Å². The summed E-state index contributed by atoms with van der Waals surface area (Å²) in [5.41, 5.74) is 2.17. The average molecular weight is 466 g/mol. The molecule has 0 spiro atoms. The van der Waals surface area contributed by atoms with Crippen molar-refractivity contribution in [2.75, 3.05) is 13.2 Å². The van der Waals surface area contributed by atoms with Gasteiger partial charge in [0.25, 0.3) is 10.1 Å². The summed E-state index contributed by atoms with van der Waals surface area (Å²) in [4.78, 5) is 0.319. The lowest BCUT2D eigenvalue weighted by Gasteiger charge is -2.24. The standard InChI is InChI=1S/C23H31NO5S2/c1-3-6-19-9-13-22(14-10-19)30(25,26)24-17-5-8-21(24)18-29-31(27,28)23-15-11-20(7-4-2)12-16-23/h9-16,21H,3-8,17-18H2,1-2H3/t21-/m0/s1. The predicted octanol–water partition coefficient (Wildman–Crippen LogP) is 4.15. The minimum absolute atomic E-state index is 0.0891. The van der Waals surface area contributed by atoms with Gasteiger partial charge >= 0.3 is 0 Å². The molecule has 0 bridgehead atoms. The van der Waals surface area contributed by atoms with Gasteiger partial charge in [-0.1, -0.05) is 51.0 Å². The van der Waals surface area contributed by atoms with Gasteiger partial charge in [-0.05, 0) is 61.1 Å². The van der Waals surface area contributed by atoms with E-state index in [-0.39, 0.29) is 16.4 Å². The summed E-state index contributed by atoms with van der Waals surface area (Å²) in [7, 11) is -7.65. The minimum Gasteiger partial charge on any atom is -0.265 e. The molecule has 3 rings (SSSR count). The Kier molecular flexibility index (Phi) is 7.91. The average Bonchev–Trinajstić information content (AvgIpc) is 3.23. The number of hydrogen-bond acceptors (Lipinski definition) is 5. The molecule has 1 aliphatic heterocycles. The molecule has 2 aromatic carbocycles. The fraction of sp³-hybridized carbons (Fsp3) is 0.478. The quantitative estimate of drug-likeness (QED) is 0.493. The Morgan fingerprint density at radius 2 is 1.35 bits per heavy atom. The maximum Gasteiger partial charge on any atom is 0.297 e. The molecule has 6 nitrogen and oxygen atoms in total. The smallest absolute Gasteiger partial charge is 0.265 e. The van der Waals surface area contributed by atoms with Crippen LogP contribution in [0.15, 0.2) is 58.3 Å². The Morgan fingerprint density at radius 3 is 1.87 bits per heavy atom. The molecule has 1 atom stereocenters. The highest BCUT2D eigenvalue weighted by molar-refractivity contribution is 7.89. The second kappa shape index (κ2) is 10.3. The Balaban J connectivity index is 1.69. The van der Waals surface area contributed by atoms with Gasteiger partial charge < -0.3 is 0 Å². The highest BCUT2D eigenvalue weighted by Gasteiger charge is 2.36. The number of hydrogen-bond donors (Lipinski definition) is 0. The van der Waals surface area contributed by atoms with Crippen LogP contribution < -0.4 is 0 Å². The molecular formula is C23H31NO5S2. The molecule has 0 aromatic heterocycles. The van der Waals surface area contributed by atoms with Crippen molar-refractivity contribution in [1.82, 2.24) is 4.31 Å². The fourth-order valence-corrected chi connectivity index (χ4v) is 6.51. The number of benzene rings is 2. The first-order valence-electron chi connectivity index (χ1n) is 10.9. The van der Waals surface area contributed by atoms with E-state index in [2.05, 4.69) is 13.8 Å². The summed E-state index contributed by atoms with van der Waals surface area (Å²) >= 11 is 0. The van der Waals surface area contributed by atoms with Crippen LogP contribution in [0.4, 0.5) is 0 Å². The Bertz CT molecular complexity index is 1060. The zero-order valence-electron chi connectivity index (χ0n) is 18.2. The van der Waals surface area contributed by atoms with Gasteiger partial charge in [0.1, 0.15) is 0 Å². The van der Waals surface area contributed by atoms with Gasteiger partial charge in [-0.2, -0.15) is 12.7 Å². The first-order chi connectivity index (χ1) is 14.8. The molecule has 1 fully saturated rings. The van der Waals surface area contributed by atoms with Crippen LogP contribution in [-0.4, -0.2) is 40.3 Å². The van der Waals surface area contributed by atoms with Crippen molar-refractivity contribution in [2.45, 2.75) is 68.2 Å². The van der Waals surface area contributed by atoms with Crippen LogP contribution in [0.1, 0.15) is 50.7 Å². The molecule has 0 aliphatic carbocycles. The maximum atomic E-state index is 13.1. The van der Waals surface area contributed by atoms with Crippen LogP contribution in [0.2, 0.25) is 0 Å². The van der Waals surface area contributed by atoms with Crippen LogP contribution in [0.5, 0.6) is 0 Å². The van der Waals surface area contributed by atoms with Crippen molar-refractivity contribution in [3.8, 4) is 0 Å². The summed E-state index contributed by atoms with van der Waals surface area (Å²) in [5.74, 6) is 0. The van der Waals surface area contributed by atoms with Crippen molar-refractivity contribution < 1.29 is 21.0 Å². The lowest BCUT2D eigenvalue weighted by Crippen LogP contribution is -2.38. The van der Waals surface area contributed by atoms with Gasteiger partial charge in [0.05, 0.1) is 22.4 Å². The van der Waals surface area contributed by atoms with E-state index in [1.165, 1.54) is 4.31 Å². The third kappa shape index (κ3) is 5.74. The molecule has 1 saturated heterocycles. The van der Waals surface area contributed by atoms with Crippen LogP contribution >= 0.6 is 0 Å². The number of sulfonamides is 1. The lowest BCUT2D eigenvalue weighted by atomic mass is 10.1. The van der Waals surface area contributed by atoms with Crippen molar-refractivity contribution in [3.05, 3.63) is 59.7 Å².